The Bertz CT molecular complexity index is 187. The standard InChI is InChI=1S/C7H14O6/c1-3(8)4(9)7(2,13)5(10)6(11)12/h3-5,8-10,13H,1-2H3,(H,11,12)/t3-,4-,5+,7?/m1/s1. The zero-order chi connectivity index (χ0) is 10.8. The summed E-state index contributed by atoms with van der Waals surface area (Å²) < 4.78 is 0. The lowest BCUT2D eigenvalue weighted by atomic mass is 9.89. The number of hydrogen-bond acceptors (Lipinski definition) is 5. The van der Waals surface area contributed by atoms with E-state index in [4.69, 9.17) is 20.4 Å². The van der Waals surface area contributed by atoms with Crippen LogP contribution >= 0.6 is 0 Å². The molecule has 0 aromatic heterocycles. The summed E-state index contributed by atoms with van der Waals surface area (Å²) in [6.45, 7) is 2.11. The fourth-order valence-electron chi connectivity index (χ4n) is 0.900. The quantitative estimate of drug-likeness (QED) is 0.350. The molecule has 0 amide bonds. The van der Waals surface area contributed by atoms with Crippen molar-refractivity contribution in [3.8, 4) is 0 Å². The van der Waals surface area contributed by atoms with Crippen molar-refractivity contribution in [2.75, 3.05) is 0 Å². The molecule has 0 aromatic rings. The topological polar surface area (TPSA) is 118 Å². The average Bonchev–Trinajstić information content (AvgIpc) is 2.01. The summed E-state index contributed by atoms with van der Waals surface area (Å²) in [5, 5.41) is 44.7. The molecule has 1 unspecified atom stereocenters. The lowest BCUT2D eigenvalue weighted by molar-refractivity contribution is -0.186. The second-order valence-electron chi connectivity index (χ2n) is 3.15. The van der Waals surface area contributed by atoms with Crippen LogP contribution in [-0.4, -0.2) is 55.4 Å². The summed E-state index contributed by atoms with van der Waals surface area (Å²) in [5.74, 6) is -1.66. The fraction of sp³-hybridized carbons (Fsp3) is 0.857. The number of rotatable bonds is 4. The van der Waals surface area contributed by atoms with E-state index in [1.807, 2.05) is 0 Å². The molecule has 0 aliphatic rings. The van der Waals surface area contributed by atoms with Gasteiger partial charge in [0.2, 0.25) is 0 Å². The van der Waals surface area contributed by atoms with Gasteiger partial charge in [0.15, 0.2) is 6.10 Å². The van der Waals surface area contributed by atoms with Crippen molar-refractivity contribution < 1.29 is 30.3 Å². The molecule has 0 aromatic carbocycles. The van der Waals surface area contributed by atoms with Gasteiger partial charge in [-0.3, -0.25) is 0 Å². The Morgan fingerprint density at radius 2 is 1.69 bits per heavy atom. The maximum atomic E-state index is 10.3. The van der Waals surface area contributed by atoms with Crippen LogP contribution in [0.1, 0.15) is 13.8 Å². The van der Waals surface area contributed by atoms with Crippen molar-refractivity contribution in [2.24, 2.45) is 0 Å². The third kappa shape index (κ3) is 2.63. The second-order valence-corrected chi connectivity index (χ2v) is 3.15. The molecule has 6 heteroatoms. The lowest BCUT2D eigenvalue weighted by Gasteiger charge is -2.32. The first-order chi connectivity index (χ1) is 5.71. The van der Waals surface area contributed by atoms with Crippen LogP contribution in [0.15, 0.2) is 0 Å². The highest BCUT2D eigenvalue weighted by Gasteiger charge is 2.44. The Kier molecular flexibility index (Phi) is 3.80. The van der Waals surface area contributed by atoms with Gasteiger partial charge in [-0.05, 0) is 13.8 Å². The molecule has 0 spiro atoms. The largest absolute Gasteiger partial charge is 0.479 e. The predicted molar refractivity (Wildman–Crippen MR) is 42.0 cm³/mol. The Labute approximate surface area is 75.1 Å². The van der Waals surface area contributed by atoms with Crippen molar-refractivity contribution in [3.63, 3.8) is 0 Å². The van der Waals surface area contributed by atoms with E-state index in [0.29, 0.717) is 0 Å². The number of aliphatic hydroxyl groups excluding tert-OH is 3. The van der Waals surface area contributed by atoms with E-state index < -0.39 is 29.9 Å². The number of hydrogen-bond donors (Lipinski definition) is 5. The van der Waals surface area contributed by atoms with Crippen molar-refractivity contribution in [1.82, 2.24) is 0 Å². The van der Waals surface area contributed by atoms with Gasteiger partial charge in [0.1, 0.15) is 11.7 Å². The summed E-state index contributed by atoms with van der Waals surface area (Å²) in [4.78, 5) is 10.3. The van der Waals surface area contributed by atoms with E-state index in [1.54, 1.807) is 0 Å². The molecule has 5 N–H and O–H groups in total. The van der Waals surface area contributed by atoms with Gasteiger partial charge in [-0.15, -0.1) is 0 Å². The summed E-state index contributed by atoms with van der Waals surface area (Å²) in [7, 11) is 0. The first kappa shape index (κ1) is 12.3. The smallest absolute Gasteiger partial charge is 0.335 e. The van der Waals surface area contributed by atoms with Gasteiger partial charge in [0.05, 0.1) is 6.10 Å². The first-order valence-electron chi connectivity index (χ1n) is 3.70. The van der Waals surface area contributed by atoms with E-state index >= 15 is 0 Å². The van der Waals surface area contributed by atoms with Gasteiger partial charge < -0.3 is 25.5 Å². The van der Waals surface area contributed by atoms with Crippen molar-refractivity contribution >= 4 is 5.97 Å². The Morgan fingerprint density at radius 3 is 1.92 bits per heavy atom. The summed E-state index contributed by atoms with van der Waals surface area (Å²) >= 11 is 0. The second kappa shape index (κ2) is 4.01. The molecule has 0 heterocycles. The normalized spacial score (nSPS) is 22.9. The zero-order valence-corrected chi connectivity index (χ0v) is 7.38. The Morgan fingerprint density at radius 1 is 1.31 bits per heavy atom. The molecule has 0 bridgehead atoms. The highest BCUT2D eigenvalue weighted by molar-refractivity contribution is 5.73. The SMILES string of the molecule is C[C@@H](O)[C@@H](O)C(C)(O)[C@@H](O)C(=O)O. The molecule has 13 heavy (non-hydrogen) atoms. The van der Waals surface area contributed by atoms with Gasteiger partial charge in [-0.1, -0.05) is 0 Å². The first-order valence-corrected chi connectivity index (χ1v) is 3.70. The van der Waals surface area contributed by atoms with Crippen LogP contribution in [0.3, 0.4) is 0 Å². The lowest BCUT2D eigenvalue weighted by Crippen LogP contribution is -2.56. The van der Waals surface area contributed by atoms with Crippen molar-refractivity contribution in [1.29, 1.82) is 0 Å². The molecule has 0 aliphatic carbocycles. The molecule has 0 aliphatic heterocycles. The number of carbonyl (C=O) groups is 1. The summed E-state index contributed by atoms with van der Waals surface area (Å²) in [6, 6.07) is 0. The van der Waals surface area contributed by atoms with E-state index in [1.165, 1.54) is 6.92 Å². The van der Waals surface area contributed by atoms with E-state index in [-0.39, 0.29) is 0 Å². The van der Waals surface area contributed by atoms with Crippen LogP contribution in [0, 0.1) is 0 Å². The molecule has 0 rings (SSSR count). The molecular weight excluding hydrogens is 180 g/mol. The number of aliphatic hydroxyl groups is 4. The Balaban J connectivity index is 4.64. The maximum absolute atomic E-state index is 10.3. The molecule has 4 atom stereocenters. The zero-order valence-electron chi connectivity index (χ0n) is 7.38. The molecule has 0 saturated heterocycles. The minimum absolute atomic E-state index is 0.934. The summed E-state index contributed by atoms with van der Waals surface area (Å²) in [5.41, 5.74) is -2.28. The number of carboxylic acid groups (broad SMARTS) is 1. The predicted octanol–water partition coefficient (Wildman–Crippen LogP) is -2.08. The minimum atomic E-state index is -2.28. The highest BCUT2D eigenvalue weighted by atomic mass is 16.4. The van der Waals surface area contributed by atoms with Gasteiger partial charge >= 0.3 is 5.97 Å². The third-order valence-corrected chi connectivity index (χ3v) is 1.84. The summed E-state index contributed by atoms with van der Waals surface area (Å²) in [6.07, 6.45) is -5.19. The maximum Gasteiger partial charge on any atom is 0.335 e. The highest BCUT2D eigenvalue weighted by Crippen LogP contribution is 2.18. The van der Waals surface area contributed by atoms with Crippen LogP contribution in [0.2, 0.25) is 0 Å². The van der Waals surface area contributed by atoms with Crippen LogP contribution in [0.5, 0.6) is 0 Å². The van der Waals surface area contributed by atoms with Gasteiger partial charge in [-0.2, -0.15) is 0 Å². The molecule has 0 fully saturated rings. The van der Waals surface area contributed by atoms with Crippen LogP contribution in [0.25, 0.3) is 0 Å². The Hall–Kier alpha value is -0.690. The fourth-order valence-corrected chi connectivity index (χ4v) is 0.900. The molecule has 0 saturated carbocycles. The van der Waals surface area contributed by atoms with Gasteiger partial charge in [-0.25, -0.2) is 4.79 Å². The van der Waals surface area contributed by atoms with Gasteiger partial charge in [0.25, 0.3) is 0 Å². The molecular formula is C7H14O6. The average molecular weight is 194 g/mol. The number of carboxylic acids is 1. The van der Waals surface area contributed by atoms with E-state index in [2.05, 4.69) is 0 Å². The molecule has 6 nitrogen and oxygen atoms in total. The minimum Gasteiger partial charge on any atom is -0.479 e. The third-order valence-electron chi connectivity index (χ3n) is 1.84. The monoisotopic (exact) mass is 194 g/mol. The number of aliphatic carboxylic acids is 1. The van der Waals surface area contributed by atoms with Crippen molar-refractivity contribution in [2.45, 2.75) is 37.8 Å². The van der Waals surface area contributed by atoms with E-state index in [0.717, 1.165) is 6.92 Å². The van der Waals surface area contributed by atoms with Crippen LogP contribution in [0.4, 0.5) is 0 Å². The van der Waals surface area contributed by atoms with Crippen LogP contribution < -0.4 is 0 Å². The van der Waals surface area contributed by atoms with Crippen molar-refractivity contribution in [3.05, 3.63) is 0 Å². The van der Waals surface area contributed by atoms with E-state index in [9.17, 15) is 9.90 Å². The van der Waals surface area contributed by atoms with Gasteiger partial charge in [0, 0.05) is 0 Å². The van der Waals surface area contributed by atoms with Crippen LogP contribution in [-0.2, 0) is 4.79 Å². The molecule has 78 valence electrons. The molecule has 0 radical (unpaired) electrons.